The van der Waals surface area contributed by atoms with Gasteiger partial charge in [-0.2, -0.15) is 5.10 Å². The maximum absolute atomic E-state index is 12.7. The van der Waals surface area contributed by atoms with E-state index in [2.05, 4.69) is 40.7 Å². The van der Waals surface area contributed by atoms with E-state index in [1.165, 1.54) is 19.3 Å². The molecule has 0 aliphatic carbocycles. The number of carbonyl (C=O) groups is 1. The summed E-state index contributed by atoms with van der Waals surface area (Å²) < 4.78 is 0. The van der Waals surface area contributed by atoms with Crippen molar-refractivity contribution in [1.29, 1.82) is 0 Å². The molecule has 1 amide bonds. The number of H-pyrrole nitrogens is 2. The van der Waals surface area contributed by atoms with Crippen molar-refractivity contribution in [2.45, 2.75) is 38.5 Å². The van der Waals surface area contributed by atoms with E-state index >= 15 is 0 Å². The summed E-state index contributed by atoms with van der Waals surface area (Å²) in [4.78, 5) is 37.2. The molecule has 7 heterocycles. The standard InChI is InChI=1S/C29H32N10O/c40-24(14-18-6-9-30-10-7-18)33-20-15-19(16-31-17-20)21-4-5-22-25(34-21)27(38-37-22)29-35-26-23(8-11-32-28(26)36-29)39-12-2-1-3-13-39/h4-5,8,11,15-18,30H,1-3,6-7,9-10,12-14H2,(H,33,40)(H,37,38)(H,32,35,36). The van der Waals surface area contributed by atoms with Crippen molar-refractivity contribution in [2.75, 3.05) is 36.4 Å². The van der Waals surface area contributed by atoms with E-state index < -0.39 is 0 Å². The lowest BCUT2D eigenvalue weighted by Crippen LogP contribution is -2.30. The maximum Gasteiger partial charge on any atom is 0.224 e. The fourth-order valence-corrected chi connectivity index (χ4v) is 5.83. The monoisotopic (exact) mass is 536 g/mol. The highest BCUT2D eigenvalue weighted by Gasteiger charge is 2.21. The number of imidazole rings is 1. The molecule has 2 aliphatic rings. The number of nitrogens with zero attached hydrogens (tertiary/aromatic N) is 6. The molecule has 2 fully saturated rings. The number of nitrogens with one attached hydrogen (secondary N) is 4. The predicted octanol–water partition coefficient (Wildman–Crippen LogP) is 4.28. The molecule has 0 radical (unpaired) electrons. The number of fused-ring (bicyclic) bond motifs is 2. The van der Waals surface area contributed by atoms with E-state index in [4.69, 9.17) is 9.97 Å². The van der Waals surface area contributed by atoms with E-state index in [0.29, 0.717) is 35.1 Å². The summed E-state index contributed by atoms with van der Waals surface area (Å²) in [5, 5.41) is 14.0. The highest BCUT2D eigenvalue weighted by molar-refractivity contribution is 5.94. The van der Waals surface area contributed by atoms with Crippen molar-refractivity contribution in [3.05, 3.63) is 42.9 Å². The third-order valence-corrected chi connectivity index (χ3v) is 7.94. The van der Waals surface area contributed by atoms with Crippen LogP contribution < -0.4 is 15.5 Å². The lowest BCUT2D eigenvalue weighted by molar-refractivity contribution is -0.117. The second-order valence-corrected chi connectivity index (χ2v) is 10.7. The first-order chi connectivity index (χ1) is 19.7. The number of amides is 1. The Kier molecular flexibility index (Phi) is 6.56. The van der Waals surface area contributed by atoms with Crippen LogP contribution in [-0.2, 0) is 4.79 Å². The minimum absolute atomic E-state index is 0.0220. The van der Waals surface area contributed by atoms with Crippen molar-refractivity contribution < 1.29 is 4.79 Å². The van der Waals surface area contributed by atoms with Crippen LogP contribution in [0, 0.1) is 5.92 Å². The van der Waals surface area contributed by atoms with Gasteiger partial charge in [0.15, 0.2) is 17.2 Å². The molecule has 204 valence electrons. The minimum Gasteiger partial charge on any atom is -0.370 e. The van der Waals surface area contributed by atoms with Crippen LogP contribution in [0.2, 0.25) is 0 Å². The van der Waals surface area contributed by atoms with Crippen molar-refractivity contribution in [1.82, 2.24) is 40.4 Å². The molecular formula is C29H32N10O. The van der Waals surface area contributed by atoms with Gasteiger partial charge in [-0.15, -0.1) is 0 Å². The number of aromatic amines is 2. The van der Waals surface area contributed by atoms with Gasteiger partial charge in [0.1, 0.15) is 11.0 Å². The average Bonchev–Trinajstić information content (AvgIpc) is 3.62. The SMILES string of the molecule is O=C(CC1CCNCC1)Nc1cncc(-c2ccc3[nH]nc(-c4nc5c(N6CCCCC6)ccnc5[nH]4)c3n2)c1. The molecule has 0 saturated carbocycles. The average molecular weight is 537 g/mol. The second-order valence-electron chi connectivity index (χ2n) is 10.7. The number of piperidine rings is 2. The Bertz CT molecular complexity index is 1660. The number of pyridine rings is 3. The predicted molar refractivity (Wildman–Crippen MR) is 155 cm³/mol. The summed E-state index contributed by atoms with van der Waals surface area (Å²) in [7, 11) is 0. The molecule has 2 aliphatic heterocycles. The van der Waals surface area contributed by atoms with Crippen LogP contribution in [-0.4, -0.2) is 67.2 Å². The van der Waals surface area contributed by atoms with Crippen molar-refractivity contribution >= 4 is 39.5 Å². The van der Waals surface area contributed by atoms with Crippen LogP contribution in [0.3, 0.4) is 0 Å². The summed E-state index contributed by atoms with van der Waals surface area (Å²) in [5.74, 6) is 1.07. The molecule has 0 spiro atoms. The molecule has 4 N–H and O–H groups in total. The molecule has 7 rings (SSSR count). The van der Waals surface area contributed by atoms with Gasteiger partial charge in [-0.05, 0) is 75.4 Å². The molecule has 0 bridgehead atoms. The van der Waals surface area contributed by atoms with E-state index in [0.717, 1.165) is 72.6 Å². The normalized spacial score (nSPS) is 16.6. The van der Waals surface area contributed by atoms with Crippen LogP contribution in [0.15, 0.2) is 42.9 Å². The first kappa shape index (κ1) is 24.6. The molecule has 0 aromatic carbocycles. The highest BCUT2D eigenvalue weighted by atomic mass is 16.1. The zero-order valence-electron chi connectivity index (χ0n) is 22.3. The fraction of sp³-hybridized carbons (Fsp3) is 0.379. The minimum atomic E-state index is 0.0220. The Balaban J connectivity index is 1.17. The van der Waals surface area contributed by atoms with Gasteiger partial charge in [0, 0.05) is 37.5 Å². The summed E-state index contributed by atoms with van der Waals surface area (Å²) in [6.45, 7) is 4.01. The molecule has 0 atom stereocenters. The molecule has 5 aromatic heterocycles. The van der Waals surface area contributed by atoms with Gasteiger partial charge in [-0.25, -0.2) is 15.0 Å². The molecule has 2 saturated heterocycles. The molecular weight excluding hydrogens is 504 g/mol. The van der Waals surface area contributed by atoms with Crippen LogP contribution in [0.4, 0.5) is 11.4 Å². The third-order valence-electron chi connectivity index (χ3n) is 7.94. The zero-order valence-corrected chi connectivity index (χ0v) is 22.3. The molecule has 5 aromatic rings. The third kappa shape index (κ3) is 4.88. The Morgan fingerprint density at radius 3 is 2.77 bits per heavy atom. The van der Waals surface area contributed by atoms with E-state index in [1.807, 2.05) is 30.5 Å². The Labute approximate surface area is 231 Å². The maximum atomic E-state index is 12.7. The van der Waals surface area contributed by atoms with Gasteiger partial charge in [0.25, 0.3) is 0 Å². The number of carbonyl (C=O) groups excluding carboxylic acids is 1. The van der Waals surface area contributed by atoms with E-state index in [9.17, 15) is 4.79 Å². The first-order valence-electron chi connectivity index (χ1n) is 14.1. The van der Waals surface area contributed by atoms with Crippen molar-refractivity contribution in [3.8, 4) is 22.8 Å². The number of aromatic nitrogens is 7. The van der Waals surface area contributed by atoms with Gasteiger partial charge >= 0.3 is 0 Å². The Hall–Kier alpha value is -4.38. The van der Waals surface area contributed by atoms with Crippen molar-refractivity contribution in [2.24, 2.45) is 5.92 Å². The number of rotatable bonds is 6. The summed E-state index contributed by atoms with van der Waals surface area (Å²) in [5.41, 5.74) is 7.06. The molecule has 11 heteroatoms. The summed E-state index contributed by atoms with van der Waals surface area (Å²) >= 11 is 0. The van der Waals surface area contributed by atoms with Crippen LogP contribution in [0.25, 0.3) is 45.0 Å². The quantitative estimate of drug-likeness (QED) is 0.252. The Morgan fingerprint density at radius 2 is 1.90 bits per heavy atom. The van der Waals surface area contributed by atoms with Crippen LogP contribution in [0.1, 0.15) is 38.5 Å². The van der Waals surface area contributed by atoms with Gasteiger partial charge in [-0.3, -0.25) is 14.9 Å². The van der Waals surface area contributed by atoms with E-state index in [1.54, 1.807) is 12.4 Å². The topological polar surface area (TPSA) is 140 Å². The Morgan fingerprint density at radius 1 is 1.02 bits per heavy atom. The zero-order chi connectivity index (χ0) is 26.9. The van der Waals surface area contributed by atoms with Crippen molar-refractivity contribution in [3.63, 3.8) is 0 Å². The molecule has 0 unspecified atom stereocenters. The van der Waals surface area contributed by atoms with Gasteiger partial charge < -0.3 is 20.5 Å². The fourth-order valence-electron chi connectivity index (χ4n) is 5.83. The summed E-state index contributed by atoms with van der Waals surface area (Å²) in [6.07, 6.45) is 11.5. The first-order valence-corrected chi connectivity index (χ1v) is 14.1. The largest absolute Gasteiger partial charge is 0.370 e. The second kappa shape index (κ2) is 10.6. The van der Waals surface area contributed by atoms with Gasteiger partial charge in [0.05, 0.1) is 28.8 Å². The lowest BCUT2D eigenvalue weighted by Gasteiger charge is -2.28. The van der Waals surface area contributed by atoms with Crippen LogP contribution >= 0.6 is 0 Å². The van der Waals surface area contributed by atoms with E-state index in [-0.39, 0.29) is 5.91 Å². The smallest absolute Gasteiger partial charge is 0.224 e. The van der Waals surface area contributed by atoms with Gasteiger partial charge in [0.2, 0.25) is 5.91 Å². The number of anilines is 2. The highest BCUT2D eigenvalue weighted by Crippen LogP contribution is 2.31. The molecule has 11 nitrogen and oxygen atoms in total. The van der Waals surface area contributed by atoms with Gasteiger partial charge in [-0.1, -0.05) is 0 Å². The number of hydrogen-bond acceptors (Lipinski definition) is 8. The number of hydrogen-bond donors (Lipinski definition) is 4. The summed E-state index contributed by atoms with van der Waals surface area (Å²) in [6, 6.07) is 7.84. The molecule has 40 heavy (non-hydrogen) atoms. The lowest BCUT2D eigenvalue weighted by atomic mass is 9.94. The van der Waals surface area contributed by atoms with Crippen LogP contribution in [0.5, 0.6) is 0 Å².